The number of aryl methyl sites for hydroxylation is 2. The first kappa shape index (κ1) is 18.2. The van der Waals surface area contributed by atoms with Crippen molar-refractivity contribution in [3.63, 3.8) is 0 Å². The molecule has 0 bridgehead atoms. The molecule has 2 aromatic rings. The van der Waals surface area contributed by atoms with Crippen LogP contribution in [0.3, 0.4) is 0 Å². The minimum Gasteiger partial charge on any atom is -0.473 e. The molecular formula is C17H23N5O4. The second-order valence-corrected chi connectivity index (χ2v) is 6.31. The molecule has 1 aliphatic rings. The molecule has 140 valence electrons. The van der Waals surface area contributed by atoms with Crippen molar-refractivity contribution in [2.24, 2.45) is 13.0 Å². The van der Waals surface area contributed by atoms with Crippen molar-refractivity contribution in [1.29, 1.82) is 0 Å². The maximum Gasteiger partial charge on any atom is 0.309 e. The first-order valence-corrected chi connectivity index (χ1v) is 8.70. The van der Waals surface area contributed by atoms with E-state index in [1.54, 1.807) is 27.1 Å². The van der Waals surface area contributed by atoms with Crippen molar-refractivity contribution >= 4 is 5.97 Å². The fourth-order valence-electron chi connectivity index (χ4n) is 3.13. The smallest absolute Gasteiger partial charge is 0.309 e. The zero-order valence-corrected chi connectivity index (χ0v) is 15.2. The minimum absolute atomic E-state index is 0.0761. The average Bonchev–Trinajstić information content (AvgIpc) is 3.23. The fraction of sp³-hybridized carbons (Fsp3) is 0.588. The van der Waals surface area contributed by atoms with E-state index in [1.165, 1.54) is 4.68 Å². The number of aromatic nitrogens is 5. The van der Waals surface area contributed by atoms with Crippen LogP contribution in [0.1, 0.15) is 37.6 Å². The highest BCUT2D eigenvalue weighted by molar-refractivity contribution is 5.72. The number of aliphatic hydroxyl groups is 1. The van der Waals surface area contributed by atoms with Gasteiger partial charge in [0.15, 0.2) is 0 Å². The van der Waals surface area contributed by atoms with Gasteiger partial charge in [-0.1, -0.05) is 5.21 Å². The van der Waals surface area contributed by atoms with E-state index in [0.29, 0.717) is 41.7 Å². The Morgan fingerprint density at radius 3 is 2.92 bits per heavy atom. The molecule has 2 heterocycles. The second-order valence-electron chi connectivity index (χ2n) is 6.31. The molecule has 1 saturated carbocycles. The van der Waals surface area contributed by atoms with Gasteiger partial charge in [0.2, 0.25) is 5.88 Å². The van der Waals surface area contributed by atoms with Gasteiger partial charge in [0.1, 0.15) is 23.2 Å². The third-order valence-electron chi connectivity index (χ3n) is 4.52. The van der Waals surface area contributed by atoms with Crippen LogP contribution < -0.4 is 4.74 Å². The summed E-state index contributed by atoms with van der Waals surface area (Å²) in [5.74, 6) is 0.174. The number of hydrogen-bond acceptors (Lipinski definition) is 8. The summed E-state index contributed by atoms with van der Waals surface area (Å²) in [4.78, 5) is 20.7. The summed E-state index contributed by atoms with van der Waals surface area (Å²) < 4.78 is 12.5. The Morgan fingerprint density at radius 2 is 2.23 bits per heavy atom. The molecule has 1 aliphatic carbocycles. The zero-order chi connectivity index (χ0) is 18.7. The Hall–Kier alpha value is -2.55. The van der Waals surface area contributed by atoms with E-state index in [0.717, 1.165) is 12.8 Å². The standard InChI is InChI=1S/C17H23N5O4/c1-4-25-17(24)11-5-6-12(7-11)26-16-10(2)19-13(8-18-16)15-14(9-23)22(3)21-20-15/h8,11-12,23H,4-7,9H2,1-3H3/t11-,12-/m0/s1. The van der Waals surface area contributed by atoms with Crippen LogP contribution in [0, 0.1) is 12.8 Å². The van der Waals surface area contributed by atoms with Crippen LogP contribution >= 0.6 is 0 Å². The van der Waals surface area contributed by atoms with Gasteiger partial charge in [0.25, 0.3) is 0 Å². The lowest BCUT2D eigenvalue weighted by Gasteiger charge is -2.14. The van der Waals surface area contributed by atoms with Crippen LogP contribution in [-0.2, 0) is 23.2 Å². The van der Waals surface area contributed by atoms with Gasteiger partial charge >= 0.3 is 5.97 Å². The monoisotopic (exact) mass is 361 g/mol. The molecule has 3 rings (SSSR count). The number of aliphatic hydroxyl groups excluding tert-OH is 1. The lowest BCUT2D eigenvalue weighted by Crippen LogP contribution is -2.19. The summed E-state index contributed by atoms with van der Waals surface area (Å²) in [6, 6.07) is 0. The number of ether oxygens (including phenoxy) is 2. The van der Waals surface area contributed by atoms with E-state index in [-0.39, 0.29) is 24.6 Å². The first-order chi connectivity index (χ1) is 12.5. The second kappa shape index (κ2) is 7.77. The molecule has 0 unspecified atom stereocenters. The van der Waals surface area contributed by atoms with Crippen molar-refractivity contribution in [2.75, 3.05) is 6.61 Å². The zero-order valence-electron chi connectivity index (χ0n) is 15.2. The van der Waals surface area contributed by atoms with Crippen LogP contribution in [0.15, 0.2) is 6.20 Å². The molecule has 1 N–H and O–H groups in total. The largest absolute Gasteiger partial charge is 0.473 e. The molecular weight excluding hydrogens is 338 g/mol. The number of hydrogen-bond donors (Lipinski definition) is 1. The van der Waals surface area contributed by atoms with Gasteiger partial charge in [-0.05, 0) is 33.1 Å². The minimum atomic E-state index is -0.185. The summed E-state index contributed by atoms with van der Waals surface area (Å²) >= 11 is 0. The number of rotatable bonds is 6. The topological polar surface area (TPSA) is 112 Å². The van der Waals surface area contributed by atoms with Crippen LogP contribution in [0.4, 0.5) is 0 Å². The molecule has 26 heavy (non-hydrogen) atoms. The summed E-state index contributed by atoms with van der Waals surface area (Å²) in [5, 5.41) is 17.4. The Balaban J connectivity index is 1.70. The molecule has 0 aromatic carbocycles. The SMILES string of the molecule is CCOC(=O)[C@H]1CC[C@H](Oc2ncc(-c3nnn(C)c3CO)nc2C)C1. The molecule has 1 fully saturated rings. The van der Waals surface area contributed by atoms with Gasteiger partial charge in [-0.3, -0.25) is 4.79 Å². The summed E-state index contributed by atoms with van der Waals surface area (Å²) in [7, 11) is 1.71. The Morgan fingerprint density at radius 1 is 1.42 bits per heavy atom. The van der Waals surface area contributed by atoms with Crippen molar-refractivity contribution in [2.45, 2.75) is 45.8 Å². The van der Waals surface area contributed by atoms with Crippen molar-refractivity contribution < 1.29 is 19.4 Å². The number of esters is 1. The molecule has 0 saturated heterocycles. The number of nitrogens with zero attached hydrogens (tertiary/aromatic N) is 5. The molecule has 0 radical (unpaired) electrons. The van der Waals surface area contributed by atoms with Gasteiger partial charge in [0, 0.05) is 7.05 Å². The van der Waals surface area contributed by atoms with E-state index < -0.39 is 0 Å². The van der Waals surface area contributed by atoms with Crippen LogP contribution in [0.25, 0.3) is 11.4 Å². The molecule has 9 heteroatoms. The van der Waals surface area contributed by atoms with Crippen LogP contribution in [0.5, 0.6) is 5.88 Å². The lowest BCUT2D eigenvalue weighted by molar-refractivity contribution is -0.147. The lowest BCUT2D eigenvalue weighted by atomic mass is 10.1. The molecule has 0 spiro atoms. The quantitative estimate of drug-likeness (QED) is 0.763. The maximum atomic E-state index is 11.8. The van der Waals surface area contributed by atoms with Crippen LogP contribution in [-0.4, -0.2) is 48.7 Å². The van der Waals surface area contributed by atoms with Gasteiger partial charge < -0.3 is 14.6 Å². The normalized spacial score (nSPS) is 19.5. The third kappa shape index (κ3) is 3.67. The van der Waals surface area contributed by atoms with Gasteiger partial charge in [-0.15, -0.1) is 5.10 Å². The molecule has 2 aromatic heterocycles. The van der Waals surface area contributed by atoms with E-state index in [1.807, 2.05) is 0 Å². The fourth-order valence-corrected chi connectivity index (χ4v) is 3.13. The highest BCUT2D eigenvalue weighted by Gasteiger charge is 2.32. The first-order valence-electron chi connectivity index (χ1n) is 8.70. The van der Waals surface area contributed by atoms with Gasteiger partial charge in [0.05, 0.1) is 31.0 Å². The van der Waals surface area contributed by atoms with Crippen LogP contribution in [0.2, 0.25) is 0 Å². The predicted molar refractivity (Wildman–Crippen MR) is 91.1 cm³/mol. The highest BCUT2D eigenvalue weighted by atomic mass is 16.5. The van der Waals surface area contributed by atoms with E-state index in [9.17, 15) is 9.90 Å². The Labute approximate surface area is 151 Å². The van der Waals surface area contributed by atoms with E-state index >= 15 is 0 Å². The average molecular weight is 361 g/mol. The Bertz CT molecular complexity index is 791. The maximum absolute atomic E-state index is 11.8. The molecule has 0 amide bonds. The summed E-state index contributed by atoms with van der Waals surface area (Å²) in [5.41, 5.74) is 2.22. The highest BCUT2D eigenvalue weighted by Crippen LogP contribution is 2.31. The summed E-state index contributed by atoms with van der Waals surface area (Å²) in [6.07, 6.45) is 3.65. The van der Waals surface area contributed by atoms with Crippen molar-refractivity contribution in [1.82, 2.24) is 25.0 Å². The molecule has 2 atom stereocenters. The van der Waals surface area contributed by atoms with Gasteiger partial charge in [-0.25, -0.2) is 14.6 Å². The third-order valence-corrected chi connectivity index (χ3v) is 4.52. The Kier molecular flexibility index (Phi) is 5.46. The predicted octanol–water partition coefficient (Wildman–Crippen LogP) is 1.18. The van der Waals surface area contributed by atoms with Gasteiger partial charge in [-0.2, -0.15) is 0 Å². The summed E-state index contributed by atoms with van der Waals surface area (Å²) in [6.45, 7) is 3.82. The van der Waals surface area contributed by atoms with E-state index in [4.69, 9.17) is 9.47 Å². The molecule has 0 aliphatic heterocycles. The van der Waals surface area contributed by atoms with E-state index in [2.05, 4.69) is 20.3 Å². The number of carbonyl (C=O) groups excluding carboxylic acids is 1. The molecule has 9 nitrogen and oxygen atoms in total. The van der Waals surface area contributed by atoms with Crippen molar-refractivity contribution in [3.8, 4) is 17.3 Å². The van der Waals surface area contributed by atoms with Crippen molar-refractivity contribution in [3.05, 3.63) is 17.6 Å². The number of carbonyl (C=O) groups is 1.